The normalized spacial score (nSPS) is 20.8. The third-order valence-electron chi connectivity index (χ3n) is 3.79. The van der Waals surface area contributed by atoms with Crippen LogP contribution in [0.15, 0.2) is 5.38 Å². The molecule has 3 heterocycles. The largest absolute Gasteiger partial charge is 0.465 e. The summed E-state index contributed by atoms with van der Waals surface area (Å²) >= 11 is 1.32. The number of hydrogen-bond donors (Lipinski definition) is 3. The van der Waals surface area contributed by atoms with Crippen LogP contribution in [0.25, 0.3) is 0 Å². The molecule has 2 aliphatic rings. The van der Waals surface area contributed by atoms with Crippen LogP contribution in [-0.2, 0) is 22.7 Å². The number of carbonyl (C=O) groups is 4. The number of imide groups is 1. The zero-order valence-corrected chi connectivity index (χ0v) is 12.2. The van der Waals surface area contributed by atoms with Gasteiger partial charge < -0.3 is 15.3 Å². The molecule has 1 aromatic heterocycles. The third-order valence-corrected chi connectivity index (χ3v) is 4.82. The highest BCUT2D eigenvalue weighted by Crippen LogP contribution is 2.33. The number of nitrogens with zero attached hydrogens (tertiary/aromatic N) is 1. The standard InChI is InChI=1S/C13H13N3O5S/c17-10-2-1-8(11(18)15-10)16-4-6-7(12(16)19)5-22-9(6)3-14-13(20)21/h5,8,14H,1-4H2,(H,20,21)(H,15,17,18). The van der Waals surface area contributed by atoms with Gasteiger partial charge in [0.2, 0.25) is 11.8 Å². The Kier molecular flexibility index (Phi) is 3.57. The van der Waals surface area contributed by atoms with Gasteiger partial charge >= 0.3 is 6.09 Å². The number of thiophene rings is 1. The van der Waals surface area contributed by atoms with Crippen molar-refractivity contribution < 1.29 is 24.3 Å². The van der Waals surface area contributed by atoms with Crippen molar-refractivity contribution in [2.45, 2.75) is 32.0 Å². The van der Waals surface area contributed by atoms with E-state index in [9.17, 15) is 19.2 Å². The molecule has 4 amide bonds. The van der Waals surface area contributed by atoms with Crippen LogP contribution in [0, 0.1) is 0 Å². The molecule has 22 heavy (non-hydrogen) atoms. The molecule has 1 saturated heterocycles. The van der Waals surface area contributed by atoms with Gasteiger partial charge in [-0.1, -0.05) is 0 Å². The topological polar surface area (TPSA) is 116 Å². The summed E-state index contributed by atoms with van der Waals surface area (Å²) in [4.78, 5) is 48.3. The van der Waals surface area contributed by atoms with Crippen molar-refractivity contribution in [3.63, 3.8) is 0 Å². The number of piperidine rings is 1. The summed E-state index contributed by atoms with van der Waals surface area (Å²) in [5, 5.41) is 14.9. The van der Waals surface area contributed by atoms with Crippen molar-refractivity contribution in [1.29, 1.82) is 0 Å². The Morgan fingerprint density at radius 2 is 2.23 bits per heavy atom. The quantitative estimate of drug-likeness (QED) is 0.691. The van der Waals surface area contributed by atoms with Crippen LogP contribution in [0.5, 0.6) is 0 Å². The lowest BCUT2D eigenvalue weighted by atomic mass is 10.0. The van der Waals surface area contributed by atoms with E-state index in [1.807, 2.05) is 0 Å². The molecule has 2 aliphatic heterocycles. The summed E-state index contributed by atoms with van der Waals surface area (Å²) in [5.41, 5.74) is 1.27. The van der Waals surface area contributed by atoms with Gasteiger partial charge in [0.25, 0.3) is 5.91 Å². The van der Waals surface area contributed by atoms with E-state index in [0.717, 1.165) is 10.4 Å². The molecule has 0 aliphatic carbocycles. The molecular formula is C13H13N3O5S. The molecule has 1 unspecified atom stereocenters. The van der Waals surface area contributed by atoms with Gasteiger partial charge in [0, 0.05) is 23.2 Å². The predicted molar refractivity (Wildman–Crippen MR) is 75.2 cm³/mol. The lowest BCUT2D eigenvalue weighted by Crippen LogP contribution is -2.52. The van der Waals surface area contributed by atoms with Crippen molar-refractivity contribution >= 4 is 35.2 Å². The second-order valence-corrected chi connectivity index (χ2v) is 6.07. The molecule has 0 bridgehead atoms. The molecule has 1 aromatic rings. The minimum Gasteiger partial charge on any atom is -0.465 e. The molecule has 116 valence electrons. The lowest BCUT2D eigenvalue weighted by Gasteiger charge is -2.29. The number of rotatable bonds is 3. The molecule has 3 rings (SSSR count). The first-order chi connectivity index (χ1) is 10.5. The van der Waals surface area contributed by atoms with E-state index in [1.165, 1.54) is 16.2 Å². The molecular weight excluding hydrogens is 310 g/mol. The molecule has 0 aromatic carbocycles. The second kappa shape index (κ2) is 5.41. The zero-order chi connectivity index (χ0) is 15.9. The van der Waals surface area contributed by atoms with Crippen molar-refractivity contribution in [3.8, 4) is 0 Å². The van der Waals surface area contributed by atoms with Crippen molar-refractivity contribution in [2.75, 3.05) is 0 Å². The van der Waals surface area contributed by atoms with Crippen LogP contribution in [0.4, 0.5) is 4.79 Å². The maximum absolute atomic E-state index is 12.4. The minimum atomic E-state index is -1.13. The number of hydrogen-bond acceptors (Lipinski definition) is 5. The molecule has 0 saturated carbocycles. The first-order valence-corrected chi connectivity index (χ1v) is 7.56. The van der Waals surface area contributed by atoms with Crippen LogP contribution in [0.2, 0.25) is 0 Å². The number of amides is 4. The highest BCUT2D eigenvalue weighted by molar-refractivity contribution is 7.10. The van der Waals surface area contributed by atoms with Crippen LogP contribution in [-0.4, -0.2) is 39.9 Å². The molecule has 9 heteroatoms. The smallest absolute Gasteiger partial charge is 0.404 e. The average Bonchev–Trinajstić information content (AvgIpc) is 2.98. The summed E-state index contributed by atoms with van der Waals surface area (Å²) in [6.45, 7) is 0.395. The number of carbonyl (C=O) groups excluding carboxylic acids is 3. The van der Waals surface area contributed by atoms with Crippen LogP contribution >= 0.6 is 11.3 Å². The summed E-state index contributed by atoms with van der Waals surface area (Å²) in [6, 6.07) is -0.650. The van der Waals surface area contributed by atoms with E-state index in [2.05, 4.69) is 10.6 Å². The minimum absolute atomic E-state index is 0.131. The van der Waals surface area contributed by atoms with Gasteiger partial charge in [0.15, 0.2) is 0 Å². The molecule has 3 N–H and O–H groups in total. The fourth-order valence-electron chi connectivity index (χ4n) is 2.71. The van der Waals surface area contributed by atoms with Crippen LogP contribution in [0.3, 0.4) is 0 Å². The number of fused-ring (bicyclic) bond motifs is 1. The van der Waals surface area contributed by atoms with E-state index in [-0.39, 0.29) is 31.3 Å². The van der Waals surface area contributed by atoms with E-state index in [1.54, 1.807) is 5.38 Å². The van der Waals surface area contributed by atoms with Gasteiger partial charge in [-0.3, -0.25) is 19.7 Å². The highest BCUT2D eigenvalue weighted by Gasteiger charge is 2.40. The van der Waals surface area contributed by atoms with Gasteiger partial charge in [-0.25, -0.2) is 4.79 Å². The van der Waals surface area contributed by atoms with Crippen molar-refractivity contribution in [3.05, 3.63) is 21.4 Å². The summed E-state index contributed by atoms with van der Waals surface area (Å²) in [5.74, 6) is -1.03. The molecule has 8 nitrogen and oxygen atoms in total. The predicted octanol–water partition coefficient (Wildman–Crippen LogP) is 0.277. The SMILES string of the molecule is O=C(O)NCc1scc2c1CN(C1CCC(=O)NC1=O)C2=O. The maximum Gasteiger partial charge on any atom is 0.404 e. The fourth-order valence-corrected chi connectivity index (χ4v) is 3.68. The monoisotopic (exact) mass is 323 g/mol. The van der Waals surface area contributed by atoms with Gasteiger partial charge in [0.1, 0.15) is 6.04 Å². The van der Waals surface area contributed by atoms with Crippen LogP contribution < -0.4 is 10.6 Å². The summed E-state index contributed by atoms with van der Waals surface area (Å²) in [7, 11) is 0. The molecule has 0 spiro atoms. The highest BCUT2D eigenvalue weighted by atomic mass is 32.1. The van der Waals surface area contributed by atoms with Gasteiger partial charge in [-0.2, -0.15) is 0 Å². The first-order valence-electron chi connectivity index (χ1n) is 6.68. The zero-order valence-electron chi connectivity index (χ0n) is 11.4. The van der Waals surface area contributed by atoms with Gasteiger partial charge in [0.05, 0.1) is 12.1 Å². The second-order valence-electron chi connectivity index (χ2n) is 5.11. The Hall–Kier alpha value is -2.42. The summed E-state index contributed by atoms with van der Waals surface area (Å²) < 4.78 is 0. The molecule has 0 radical (unpaired) electrons. The fraction of sp³-hybridized carbons (Fsp3) is 0.385. The molecule has 1 fully saturated rings. The maximum atomic E-state index is 12.4. The van der Waals surface area contributed by atoms with E-state index < -0.39 is 18.0 Å². The lowest BCUT2D eigenvalue weighted by molar-refractivity contribution is -0.136. The Morgan fingerprint density at radius 1 is 1.45 bits per heavy atom. The average molecular weight is 323 g/mol. The van der Waals surface area contributed by atoms with E-state index in [0.29, 0.717) is 12.0 Å². The number of carboxylic acid groups (broad SMARTS) is 1. The van der Waals surface area contributed by atoms with Crippen molar-refractivity contribution in [1.82, 2.24) is 15.5 Å². The van der Waals surface area contributed by atoms with E-state index >= 15 is 0 Å². The Labute approximate surface area is 129 Å². The van der Waals surface area contributed by atoms with Crippen LogP contribution in [0.1, 0.15) is 33.6 Å². The Balaban J connectivity index is 1.78. The van der Waals surface area contributed by atoms with Crippen molar-refractivity contribution in [2.24, 2.45) is 0 Å². The van der Waals surface area contributed by atoms with Gasteiger partial charge in [-0.05, 0) is 12.0 Å². The molecule has 1 atom stereocenters. The third kappa shape index (κ3) is 2.43. The first kappa shape index (κ1) is 14.5. The van der Waals surface area contributed by atoms with Gasteiger partial charge in [-0.15, -0.1) is 11.3 Å². The number of nitrogens with one attached hydrogen (secondary N) is 2. The van der Waals surface area contributed by atoms with E-state index in [4.69, 9.17) is 5.11 Å². The summed E-state index contributed by atoms with van der Waals surface area (Å²) in [6.07, 6.45) is -0.610. The Morgan fingerprint density at radius 3 is 2.91 bits per heavy atom. The Bertz CT molecular complexity index is 683.